The van der Waals surface area contributed by atoms with E-state index in [0.29, 0.717) is 5.56 Å². The summed E-state index contributed by atoms with van der Waals surface area (Å²) < 4.78 is 14.1. The van der Waals surface area contributed by atoms with Crippen LogP contribution in [0.2, 0.25) is 0 Å². The van der Waals surface area contributed by atoms with E-state index in [4.69, 9.17) is 4.74 Å². The zero-order valence-electron chi connectivity index (χ0n) is 10.9. The molecule has 0 aliphatic carbocycles. The number of carbonyl (C=O) groups is 3. The van der Waals surface area contributed by atoms with Crippen molar-refractivity contribution in [2.45, 2.75) is 6.10 Å². The van der Waals surface area contributed by atoms with Gasteiger partial charge in [-0.05, 0) is 24.3 Å². The lowest BCUT2D eigenvalue weighted by molar-refractivity contribution is -0.163. The molecule has 0 saturated carbocycles. The molecule has 0 amide bonds. The van der Waals surface area contributed by atoms with Gasteiger partial charge in [-0.15, -0.1) is 0 Å². The van der Waals surface area contributed by atoms with Crippen LogP contribution in [0.25, 0.3) is 0 Å². The van der Waals surface area contributed by atoms with E-state index in [2.05, 4.69) is 25.4 Å². The third-order valence-corrected chi connectivity index (χ3v) is 2.89. The Bertz CT molecular complexity index is 480. The van der Waals surface area contributed by atoms with Crippen LogP contribution in [0.3, 0.4) is 0 Å². The first-order valence-electron chi connectivity index (χ1n) is 5.55. The molecule has 0 N–H and O–H groups in total. The molecule has 6 nitrogen and oxygen atoms in total. The topological polar surface area (TPSA) is 78.9 Å². The number of hydrogen-bond donors (Lipinski definition) is 0. The molecule has 1 aromatic carbocycles. The van der Waals surface area contributed by atoms with E-state index in [0.717, 1.165) is 14.2 Å². The highest BCUT2D eigenvalue weighted by Crippen LogP contribution is 2.16. The van der Waals surface area contributed by atoms with Crippen molar-refractivity contribution in [3.05, 3.63) is 29.8 Å². The summed E-state index contributed by atoms with van der Waals surface area (Å²) in [5.41, 5.74) is 0.488. The number of ether oxygens (including phenoxy) is 3. The van der Waals surface area contributed by atoms with Gasteiger partial charge < -0.3 is 14.2 Å². The highest BCUT2D eigenvalue weighted by atomic mass is 79.9. The van der Waals surface area contributed by atoms with E-state index < -0.39 is 18.0 Å². The average Bonchev–Trinajstić information content (AvgIpc) is 2.50. The van der Waals surface area contributed by atoms with Crippen LogP contribution < -0.4 is 4.74 Å². The summed E-state index contributed by atoms with van der Waals surface area (Å²) in [5.74, 6) is -1.57. The lowest BCUT2D eigenvalue weighted by Gasteiger charge is -2.14. The highest BCUT2D eigenvalue weighted by Gasteiger charge is 2.30. The molecule has 1 rings (SSSR count). The van der Waals surface area contributed by atoms with Crippen LogP contribution in [0.15, 0.2) is 24.3 Å². The zero-order chi connectivity index (χ0) is 15.1. The van der Waals surface area contributed by atoms with Gasteiger partial charge in [0.2, 0.25) is 0 Å². The fraction of sp³-hybridized carbons (Fsp3) is 0.308. The average molecular weight is 345 g/mol. The molecular formula is C13H13BrO6. The molecule has 0 heterocycles. The first-order valence-corrected chi connectivity index (χ1v) is 6.67. The zero-order valence-corrected chi connectivity index (χ0v) is 12.5. The first kappa shape index (κ1) is 16.2. The van der Waals surface area contributed by atoms with Crippen LogP contribution in [0, 0.1) is 0 Å². The van der Waals surface area contributed by atoms with E-state index in [-0.39, 0.29) is 16.9 Å². The minimum Gasteiger partial charge on any atom is -0.467 e. The van der Waals surface area contributed by atoms with Gasteiger partial charge >= 0.3 is 11.9 Å². The van der Waals surface area contributed by atoms with Gasteiger partial charge in [0.1, 0.15) is 5.75 Å². The fourth-order valence-corrected chi connectivity index (χ4v) is 1.66. The Labute approximate surface area is 124 Å². The summed E-state index contributed by atoms with van der Waals surface area (Å²) in [7, 11) is 2.28. The monoisotopic (exact) mass is 344 g/mol. The van der Waals surface area contributed by atoms with Gasteiger partial charge in [-0.2, -0.15) is 0 Å². The molecule has 0 spiro atoms. The molecule has 0 aromatic heterocycles. The van der Waals surface area contributed by atoms with Crippen LogP contribution in [-0.4, -0.2) is 43.4 Å². The van der Waals surface area contributed by atoms with Crippen LogP contribution in [-0.2, 0) is 19.1 Å². The molecule has 0 atom stereocenters. The fourth-order valence-electron chi connectivity index (χ4n) is 1.34. The number of Topliss-reactive ketones (excluding diaryl/α,β-unsaturated/α-hetero) is 1. The molecule has 108 valence electrons. The predicted molar refractivity (Wildman–Crippen MR) is 73.0 cm³/mol. The van der Waals surface area contributed by atoms with E-state index in [1.54, 1.807) is 0 Å². The molecule has 0 fully saturated rings. The lowest BCUT2D eigenvalue weighted by Crippen LogP contribution is -2.37. The molecule has 0 aliphatic heterocycles. The van der Waals surface area contributed by atoms with E-state index in [9.17, 15) is 14.4 Å². The van der Waals surface area contributed by atoms with Crippen molar-refractivity contribution in [3.63, 3.8) is 0 Å². The third kappa shape index (κ3) is 4.06. The number of esters is 2. The first-order chi connectivity index (χ1) is 9.53. The van der Waals surface area contributed by atoms with Crippen molar-refractivity contribution in [2.24, 2.45) is 0 Å². The lowest BCUT2D eigenvalue weighted by atomic mass is 10.1. The van der Waals surface area contributed by atoms with Gasteiger partial charge in [0.05, 0.1) is 19.5 Å². The third-order valence-electron chi connectivity index (χ3n) is 2.38. The molecule has 0 saturated heterocycles. The number of hydrogen-bond acceptors (Lipinski definition) is 6. The summed E-state index contributed by atoms with van der Waals surface area (Å²) in [6.07, 6.45) is -1.50. The van der Waals surface area contributed by atoms with Gasteiger partial charge in [0.15, 0.2) is 5.78 Å². The SMILES string of the molecule is COC(=O)C(Oc1ccc(C(=O)CBr)cc1)C(=O)OC. The Kier molecular flexibility index (Phi) is 6.17. The second-order valence-corrected chi connectivity index (χ2v) is 4.19. The van der Waals surface area contributed by atoms with Crippen molar-refractivity contribution in [1.82, 2.24) is 0 Å². The predicted octanol–water partition coefficient (Wildman–Crippen LogP) is 1.36. The number of halogens is 1. The van der Waals surface area contributed by atoms with Crippen molar-refractivity contribution >= 4 is 33.7 Å². The summed E-state index contributed by atoms with van der Waals surface area (Å²) in [4.78, 5) is 34.3. The van der Waals surface area contributed by atoms with E-state index >= 15 is 0 Å². The Morgan fingerprint density at radius 1 is 1.05 bits per heavy atom. The van der Waals surface area contributed by atoms with Gasteiger partial charge in [-0.1, -0.05) is 15.9 Å². The number of methoxy groups -OCH3 is 2. The largest absolute Gasteiger partial charge is 0.467 e. The normalized spacial score (nSPS) is 10.0. The Hall–Kier alpha value is -1.89. The van der Waals surface area contributed by atoms with Gasteiger partial charge in [-0.25, -0.2) is 9.59 Å². The number of rotatable bonds is 6. The van der Waals surface area contributed by atoms with Crippen molar-refractivity contribution in [3.8, 4) is 5.75 Å². The van der Waals surface area contributed by atoms with Crippen LogP contribution in [0.1, 0.15) is 10.4 Å². The second kappa shape index (κ2) is 7.64. The smallest absolute Gasteiger partial charge is 0.359 e. The molecule has 0 aliphatic rings. The van der Waals surface area contributed by atoms with Crippen LogP contribution in [0.5, 0.6) is 5.75 Å². The molecule has 1 aromatic rings. The van der Waals surface area contributed by atoms with Gasteiger partial charge in [0, 0.05) is 5.56 Å². The van der Waals surface area contributed by atoms with Crippen molar-refractivity contribution < 1.29 is 28.6 Å². The Balaban J connectivity index is 2.86. The van der Waals surface area contributed by atoms with E-state index in [1.807, 2.05) is 0 Å². The second-order valence-electron chi connectivity index (χ2n) is 3.63. The maximum Gasteiger partial charge on any atom is 0.359 e. The number of alkyl halides is 1. The van der Waals surface area contributed by atoms with E-state index in [1.165, 1.54) is 24.3 Å². The Morgan fingerprint density at radius 2 is 1.55 bits per heavy atom. The molecule has 7 heteroatoms. The van der Waals surface area contributed by atoms with Gasteiger partial charge in [0.25, 0.3) is 6.10 Å². The van der Waals surface area contributed by atoms with Crippen LogP contribution >= 0.6 is 15.9 Å². The molecule has 0 unspecified atom stereocenters. The number of ketones is 1. The quantitative estimate of drug-likeness (QED) is 0.335. The van der Waals surface area contributed by atoms with Crippen molar-refractivity contribution in [1.29, 1.82) is 0 Å². The minimum absolute atomic E-state index is 0.0889. The minimum atomic E-state index is -1.50. The van der Waals surface area contributed by atoms with Crippen LogP contribution in [0.4, 0.5) is 0 Å². The summed E-state index contributed by atoms with van der Waals surface area (Å²) in [6, 6.07) is 6.03. The maximum absolute atomic E-state index is 11.4. The number of carbonyl (C=O) groups excluding carboxylic acids is 3. The summed E-state index contributed by atoms with van der Waals surface area (Å²) in [6.45, 7) is 0. The summed E-state index contributed by atoms with van der Waals surface area (Å²) >= 11 is 3.06. The molecule has 0 radical (unpaired) electrons. The standard InChI is InChI=1S/C13H13BrO6/c1-18-12(16)11(13(17)19-2)20-9-5-3-8(4-6-9)10(15)7-14/h3-6,11H,7H2,1-2H3. The highest BCUT2D eigenvalue weighted by molar-refractivity contribution is 9.09. The molecule has 0 bridgehead atoms. The van der Waals surface area contributed by atoms with Crippen molar-refractivity contribution in [2.75, 3.05) is 19.5 Å². The van der Waals surface area contributed by atoms with Gasteiger partial charge in [-0.3, -0.25) is 4.79 Å². The number of benzene rings is 1. The maximum atomic E-state index is 11.4. The molecular weight excluding hydrogens is 332 g/mol. The summed E-state index contributed by atoms with van der Waals surface area (Å²) in [5, 5.41) is 0.208. The molecule has 20 heavy (non-hydrogen) atoms. The Morgan fingerprint density at radius 3 is 1.95 bits per heavy atom.